The number of benzene rings is 3. The minimum absolute atomic E-state index is 0.0388. The predicted molar refractivity (Wildman–Crippen MR) is 138 cm³/mol. The summed E-state index contributed by atoms with van der Waals surface area (Å²) in [6.07, 6.45) is 1.12. The summed E-state index contributed by atoms with van der Waals surface area (Å²) in [7, 11) is 0. The summed E-state index contributed by atoms with van der Waals surface area (Å²) in [5, 5.41) is 10.6. The predicted octanol–water partition coefficient (Wildman–Crippen LogP) is 6.70. The van der Waals surface area contributed by atoms with Crippen molar-refractivity contribution in [1.29, 1.82) is 0 Å². The van der Waals surface area contributed by atoms with E-state index in [2.05, 4.69) is 0 Å². The summed E-state index contributed by atoms with van der Waals surface area (Å²) in [6, 6.07) is 18.2. The third-order valence-electron chi connectivity index (χ3n) is 5.97. The van der Waals surface area contributed by atoms with E-state index in [-0.39, 0.29) is 25.4 Å². The normalized spacial score (nSPS) is 16.5. The van der Waals surface area contributed by atoms with E-state index in [0.29, 0.717) is 39.0 Å². The Kier molecular flexibility index (Phi) is 7.60. The Morgan fingerprint density at radius 2 is 1.83 bits per heavy atom. The maximum Gasteiger partial charge on any atom is 0.305 e. The molecule has 1 atom stereocenters. The number of hydrogen-bond donors (Lipinski definition) is 1. The molecule has 0 radical (unpaired) electrons. The quantitative estimate of drug-likeness (QED) is 0.350. The highest BCUT2D eigenvalue weighted by Gasteiger charge is 2.35. The highest BCUT2D eigenvalue weighted by molar-refractivity contribution is 6.42. The molecule has 1 aliphatic heterocycles. The zero-order chi connectivity index (χ0) is 25.2. The standard InChI is InChI=1S/C27H24Cl3NO4/c1-27(14-17-4-2-6-21(28)12-17)15-20-13-18(8-9-23(20)35-27)26(34)31(11-10-24(32)33)16-19-5-3-7-22(29)25(19)30/h2-9,12-13H,10-11,14-16H2,1H3,(H,32,33)/t27-/m0/s1. The topological polar surface area (TPSA) is 66.8 Å². The van der Waals surface area contributed by atoms with Crippen LogP contribution in [0.3, 0.4) is 0 Å². The average Bonchev–Trinajstić information content (AvgIpc) is 3.13. The van der Waals surface area contributed by atoms with Crippen LogP contribution in [-0.4, -0.2) is 34.0 Å². The highest BCUT2D eigenvalue weighted by Crippen LogP contribution is 2.38. The molecule has 0 bridgehead atoms. The average molecular weight is 533 g/mol. The van der Waals surface area contributed by atoms with Gasteiger partial charge in [-0.15, -0.1) is 0 Å². The van der Waals surface area contributed by atoms with Crippen molar-refractivity contribution in [2.75, 3.05) is 6.54 Å². The first kappa shape index (κ1) is 25.4. The molecular weight excluding hydrogens is 509 g/mol. The van der Waals surface area contributed by atoms with Crippen LogP contribution >= 0.6 is 34.8 Å². The molecule has 0 aromatic heterocycles. The second kappa shape index (κ2) is 10.5. The van der Waals surface area contributed by atoms with Crippen LogP contribution in [0.4, 0.5) is 0 Å². The Balaban J connectivity index is 1.55. The van der Waals surface area contributed by atoms with E-state index in [1.165, 1.54) is 4.90 Å². The molecule has 8 heteroatoms. The molecule has 0 saturated heterocycles. The molecule has 1 aliphatic rings. The van der Waals surface area contributed by atoms with Crippen LogP contribution in [0, 0.1) is 0 Å². The van der Waals surface area contributed by atoms with Gasteiger partial charge in [0, 0.05) is 36.5 Å². The van der Waals surface area contributed by atoms with Gasteiger partial charge in [0.25, 0.3) is 5.91 Å². The maximum absolute atomic E-state index is 13.4. The van der Waals surface area contributed by atoms with Crippen molar-refractivity contribution in [3.8, 4) is 5.75 Å². The number of carboxylic acids is 1. The third kappa shape index (κ3) is 6.10. The molecule has 5 nitrogen and oxygen atoms in total. The van der Waals surface area contributed by atoms with E-state index >= 15 is 0 Å². The fourth-order valence-corrected chi connectivity index (χ4v) is 4.97. The first-order valence-corrected chi connectivity index (χ1v) is 12.3. The monoisotopic (exact) mass is 531 g/mol. The second-order valence-electron chi connectivity index (χ2n) is 8.94. The Hall–Kier alpha value is -2.73. The molecule has 0 aliphatic carbocycles. The molecule has 4 rings (SSSR count). The number of hydrogen-bond acceptors (Lipinski definition) is 3. The van der Waals surface area contributed by atoms with Gasteiger partial charge in [-0.05, 0) is 60.0 Å². The zero-order valence-corrected chi connectivity index (χ0v) is 21.3. The fourth-order valence-electron chi connectivity index (χ4n) is 4.37. The second-order valence-corrected chi connectivity index (χ2v) is 10.2. The van der Waals surface area contributed by atoms with Crippen molar-refractivity contribution in [3.63, 3.8) is 0 Å². The number of carbonyl (C=O) groups excluding carboxylic acids is 1. The number of nitrogens with zero attached hydrogens (tertiary/aromatic N) is 1. The van der Waals surface area contributed by atoms with Crippen LogP contribution < -0.4 is 4.74 Å². The SMILES string of the molecule is C[C@]1(Cc2cccc(Cl)c2)Cc2cc(C(=O)N(CCC(=O)O)Cc3cccc(Cl)c3Cl)ccc2O1. The summed E-state index contributed by atoms with van der Waals surface area (Å²) >= 11 is 18.6. The minimum atomic E-state index is -0.987. The van der Waals surface area contributed by atoms with Gasteiger partial charge >= 0.3 is 5.97 Å². The maximum atomic E-state index is 13.4. The van der Waals surface area contributed by atoms with Gasteiger partial charge in [0.15, 0.2) is 0 Å². The minimum Gasteiger partial charge on any atom is -0.487 e. The molecule has 35 heavy (non-hydrogen) atoms. The van der Waals surface area contributed by atoms with E-state index in [1.54, 1.807) is 30.3 Å². The lowest BCUT2D eigenvalue weighted by atomic mass is 9.91. The van der Waals surface area contributed by atoms with Crippen LogP contribution in [-0.2, 0) is 24.2 Å². The molecule has 3 aromatic rings. The van der Waals surface area contributed by atoms with Crippen LogP contribution in [0.2, 0.25) is 15.1 Å². The van der Waals surface area contributed by atoms with Crippen LogP contribution in [0.1, 0.15) is 40.4 Å². The lowest BCUT2D eigenvalue weighted by Crippen LogP contribution is -2.33. The molecule has 0 saturated carbocycles. The molecule has 0 fully saturated rings. The molecular formula is C27H24Cl3NO4. The van der Waals surface area contributed by atoms with Gasteiger partial charge in [-0.25, -0.2) is 0 Å². The number of carboxylic acid groups (broad SMARTS) is 1. The smallest absolute Gasteiger partial charge is 0.305 e. The van der Waals surface area contributed by atoms with Gasteiger partial charge < -0.3 is 14.7 Å². The van der Waals surface area contributed by atoms with Crippen molar-refractivity contribution in [2.45, 2.75) is 38.3 Å². The number of rotatable bonds is 8. The van der Waals surface area contributed by atoms with E-state index in [9.17, 15) is 14.7 Å². The first-order chi connectivity index (χ1) is 16.6. The number of ether oxygens (including phenoxy) is 1. The van der Waals surface area contributed by atoms with Crippen molar-refractivity contribution in [3.05, 3.63) is 98.0 Å². The van der Waals surface area contributed by atoms with Crippen molar-refractivity contribution >= 4 is 46.7 Å². The van der Waals surface area contributed by atoms with E-state index < -0.39 is 11.6 Å². The third-order valence-corrected chi connectivity index (χ3v) is 7.06. The van der Waals surface area contributed by atoms with Gasteiger partial charge in [0.1, 0.15) is 11.4 Å². The van der Waals surface area contributed by atoms with Crippen molar-refractivity contribution < 1.29 is 19.4 Å². The number of halogens is 3. The van der Waals surface area contributed by atoms with E-state index in [0.717, 1.165) is 16.9 Å². The van der Waals surface area contributed by atoms with Crippen LogP contribution in [0.25, 0.3) is 0 Å². The summed E-state index contributed by atoms with van der Waals surface area (Å²) in [5.41, 5.74) is 2.65. The molecule has 3 aromatic carbocycles. The Bertz CT molecular complexity index is 1280. The van der Waals surface area contributed by atoms with Gasteiger partial charge in [0.05, 0.1) is 16.5 Å². The summed E-state index contributed by atoms with van der Waals surface area (Å²) in [6.45, 7) is 2.22. The van der Waals surface area contributed by atoms with E-state index in [1.807, 2.05) is 37.3 Å². The van der Waals surface area contributed by atoms with Crippen molar-refractivity contribution in [2.24, 2.45) is 0 Å². The van der Waals surface area contributed by atoms with Gasteiger partial charge in [-0.1, -0.05) is 59.1 Å². The summed E-state index contributed by atoms with van der Waals surface area (Å²) in [4.78, 5) is 26.2. The highest BCUT2D eigenvalue weighted by atomic mass is 35.5. The lowest BCUT2D eigenvalue weighted by molar-refractivity contribution is -0.137. The van der Waals surface area contributed by atoms with Gasteiger partial charge in [0.2, 0.25) is 0 Å². The summed E-state index contributed by atoms with van der Waals surface area (Å²) < 4.78 is 6.26. The molecule has 182 valence electrons. The first-order valence-electron chi connectivity index (χ1n) is 11.1. The largest absolute Gasteiger partial charge is 0.487 e. The van der Waals surface area contributed by atoms with Gasteiger partial charge in [-0.2, -0.15) is 0 Å². The van der Waals surface area contributed by atoms with Crippen molar-refractivity contribution in [1.82, 2.24) is 4.90 Å². The molecule has 0 spiro atoms. The number of carbonyl (C=O) groups is 2. The zero-order valence-electron chi connectivity index (χ0n) is 19.1. The molecule has 1 N–H and O–H groups in total. The Morgan fingerprint density at radius 1 is 1.06 bits per heavy atom. The molecule has 0 unspecified atom stereocenters. The molecule has 1 amide bonds. The fraction of sp³-hybridized carbons (Fsp3) is 0.259. The molecule has 1 heterocycles. The van der Waals surface area contributed by atoms with Crippen LogP contribution in [0.5, 0.6) is 5.75 Å². The number of aliphatic carboxylic acids is 1. The van der Waals surface area contributed by atoms with Crippen LogP contribution in [0.15, 0.2) is 60.7 Å². The number of amides is 1. The summed E-state index contributed by atoms with van der Waals surface area (Å²) in [5.74, 6) is -0.534. The lowest BCUT2D eigenvalue weighted by Gasteiger charge is -2.24. The van der Waals surface area contributed by atoms with Gasteiger partial charge in [-0.3, -0.25) is 9.59 Å². The Labute approximate surface area is 219 Å². The van der Waals surface area contributed by atoms with E-state index in [4.69, 9.17) is 39.5 Å². The number of fused-ring (bicyclic) bond motifs is 1. The Morgan fingerprint density at radius 3 is 2.57 bits per heavy atom.